The van der Waals surface area contributed by atoms with Gasteiger partial charge in [-0.1, -0.05) is 6.07 Å². The predicted octanol–water partition coefficient (Wildman–Crippen LogP) is 2.47. The lowest BCUT2D eigenvalue weighted by molar-refractivity contribution is -0.181. The molecule has 1 spiro atoms. The summed E-state index contributed by atoms with van der Waals surface area (Å²) in [5.74, 6) is -0.699. The van der Waals surface area contributed by atoms with E-state index < -0.39 is 15.8 Å². The number of nitrogens with zero attached hydrogens (tertiary/aromatic N) is 2. The van der Waals surface area contributed by atoms with Gasteiger partial charge in [0, 0.05) is 49.5 Å². The highest BCUT2D eigenvalue weighted by Gasteiger charge is 2.41. The highest BCUT2D eigenvalue weighted by molar-refractivity contribution is 7.89. The predicted molar refractivity (Wildman–Crippen MR) is 112 cm³/mol. The van der Waals surface area contributed by atoms with Crippen molar-refractivity contribution >= 4 is 27.3 Å². The summed E-state index contributed by atoms with van der Waals surface area (Å²) in [6.07, 6.45) is 1.99. The number of likely N-dealkylation sites (tertiary alicyclic amines) is 1. The van der Waals surface area contributed by atoms with Crippen LogP contribution in [0.15, 0.2) is 40.6 Å². The van der Waals surface area contributed by atoms with Crippen LogP contribution >= 0.6 is 11.3 Å². The van der Waals surface area contributed by atoms with E-state index in [4.69, 9.17) is 9.47 Å². The number of carbonyl (C=O) groups excluding carboxylic acids is 1. The van der Waals surface area contributed by atoms with Gasteiger partial charge in [-0.15, -0.1) is 11.3 Å². The van der Waals surface area contributed by atoms with E-state index in [1.54, 1.807) is 34.4 Å². The number of rotatable bonds is 3. The third-order valence-corrected chi connectivity index (χ3v) is 8.98. The van der Waals surface area contributed by atoms with Crippen LogP contribution in [0, 0.1) is 0 Å². The summed E-state index contributed by atoms with van der Waals surface area (Å²) in [7, 11) is -3.66. The van der Waals surface area contributed by atoms with Crippen LogP contribution in [0.2, 0.25) is 0 Å². The van der Waals surface area contributed by atoms with Crippen molar-refractivity contribution in [3.8, 4) is 0 Å². The van der Waals surface area contributed by atoms with Crippen LogP contribution in [0.4, 0.5) is 0 Å². The summed E-state index contributed by atoms with van der Waals surface area (Å²) < 4.78 is 39.4. The van der Waals surface area contributed by atoms with Gasteiger partial charge in [0.15, 0.2) is 5.79 Å². The number of hydrogen-bond acceptors (Lipinski definition) is 6. The summed E-state index contributed by atoms with van der Waals surface area (Å²) >= 11 is 1.67. The van der Waals surface area contributed by atoms with Crippen LogP contribution in [-0.2, 0) is 32.5 Å². The minimum atomic E-state index is -3.66. The minimum Gasteiger partial charge on any atom is -0.347 e. The number of ether oxygens (including phenoxy) is 2. The molecule has 3 aliphatic rings. The topological polar surface area (TPSA) is 76.2 Å². The largest absolute Gasteiger partial charge is 0.347 e. The molecule has 0 bridgehead atoms. The molecule has 0 saturated carbocycles. The van der Waals surface area contributed by atoms with Crippen molar-refractivity contribution < 1.29 is 22.7 Å². The Balaban J connectivity index is 1.32. The smallest absolute Gasteiger partial charge is 0.253 e. The Bertz CT molecular complexity index is 1050. The number of amides is 1. The zero-order valence-electron chi connectivity index (χ0n) is 16.6. The molecule has 0 atom stereocenters. The molecule has 160 valence electrons. The summed E-state index contributed by atoms with van der Waals surface area (Å²) in [6, 6.07) is 8.40. The maximum Gasteiger partial charge on any atom is 0.253 e. The zero-order valence-corrected chi connectivity index (χ0v) is 18.2. The second-order valence-corrected chi connectivity index (χ2v) is 10.8. The maximum atomic E-state index is 13.2. The normalized spacial score (nSPS) is 21.7. The van der Waals surface area contributed by atoms with Gasteiger partial charge < -0.3 is 14.4 Å². The van der Waals surface area contributed by atoms with Crippen LogP contribution in [0.3, 0.4) is 0 Å². The van der Waals surface area contributed by atoms with Gasteiger partial charge in [0.1, 0.15) is 0 Å². The van der Waals surface area contributed by atoms with Crippen LogP contribution in [0.1, 0.15) is 33.6 Å². The Kier molecular flexibility index (Phi) is 5.19. The summed E-state index contributed by atoms with van der Waals surface area (Å²) in [6.45, 7) is 3.09. The van der Waals surface area contributed by atoms with E-state index in [9.17, 15) is 13.2 Å². The van der Waals surface area contributed by atoms with Crippen molar-refractivity contribution in [3.63, 3.8) is 0 Å². The lowest BCUT2D eigenvalue weighted by Crippen LogP contribution is -2.47. The molecule has 2 saturated heterocycles. The molecule has 1 amide bonds. The fraction of sp³-hybridized carbons (Fsp3) is 0.476. The molecule has 0 aliphatic carbocycles. The van der Waals surface area contributed by atoms with Gasteiger partial charge in [-0.25, -0.2) is 8.42 Å². The molecule has 3 aliphatic heterocycles. The first-order valence-electron chi connectivity index (χ1n) is 10.2. The van der Waals surface area contributed by atoms with Gasteiger partial charge >= 0.3 is 0 Å². The Labute approximate surface area is 180 Å². The van der Waals surface area contributed by atoms with Crippen LogP contribution in [0.5, 0.6) is 0 Å². The van der Waals surface area contributed by atoms with E-state index in [1.165, 1.54) is 15.2 Å². The quantitative estimate of drug-likeness (QED) is 0.721. The molecule has 2 fully saturated rings. The molecule has 9 heteroatoms. The Hall–Kier alpha value is -1.78. The standard InChI is InChI=1S/C21H24N2O5S2/c24-20(22-9-6-21(7-10-22)27-11-12-28-21)16-2-1-3-18(14-16)30(25,26)23-8-4-19-17(15-23)5-13-29-19/h1-3,5,13-14H,4,6-12,15H2. The van der Waals surface area contributed by atoms with E-state index in [0.29, 0.717) is 57.8 Å². The second kappa shape index (κ2) is 7.72. The third kappa shape index (κ3) is 3.58. The van der Waals surface area contributed by atoms with Gasteiger partial charge in [0.05, 0.1) is 18.1 Å². The third-order valence-electron chi connectivity index (χ3n) is 6.12. The van der Waals surface area contributed by atoms with Crippen LogP contribution in [0.25, 0.3) is 0 Å². The highest BCUT2D eigenvalue weighted by atomic mass is 32.2. The average Bonchev–Trinajstić information content (AvgIpc) is 3.43. The fourth-order valence-corrected chi connectivity index (χ4v) is 6.74. The van der Waals surface area contributed by atoms with Crippen molar-refractivity contribution in [2.75, 3.05) is 32.8 Å². The highest BCUT2D eigenvalue weighted by Crippen LogP contribution is 2.32. The first-order valence-corrected chi connectivity index (χ1v) is 12.5. The van der Waals surface area contributed by atoms with Gasteiger partial charge in [-0.3, -0.25) is 4.79 Å². The van der Waals surface area contributed by atoms with Crippen LogP contribution < -0.4 is 0 Å². The maximum absolute atomic E-state index is 13.2. The Morgan fingerprint density at radius 1 is 1.07 bits per heavy atom. The van der Waals surface area contributed by atoms with E-state index >= 15 is 0 Å². The van der Waals surface area contributed by atoms with Crippen molar-refractivity contribution in [1.82, 2.24) is 9.21 Å². The first kappa shape index (κ1) is 20.1. The van der Waals surface area contributed by atoms with E-state index in [0.717, 1.165) is 12.0 Å². The van der Waals surface area contributed by atoms with Gasteiger partial charge in [0.2, 0.25) is 10.0 Å². The molecule has 5 rings (SSSR count). The number of benzene rings is 1. The molecule has 7 nitrogen and oxygen atoms in total. The molecular weight excluding hydrogens is 424 g/mol. The molecule has 0 unspecified atom stereocenters. The van der Waals surface area contributed by atoms with Crippen molar-refractivity contribution in [2.24, 2.45) is 0 Å². The number of hydrogen-bond donors (Lipinski definition) is 0. The first-order chi connectivity index (χ1) is 14.5. The fourth-order valence-electron chi connectivity index (χ4n) is 4.39. The second-order valence-electron chi connectivity index (χ2n) is 7.89. The van der Waals surface area contributed by atoms with Gasteiger partial charge in [-0.2, -0.15) is 4.31 Å². The summed E-state index contributed by atoms with van der Waals surface area (Å²) in [4.78, 5) is 16.2. The minimum absolute atomic E-state index is 0.154. The molecule has 1 aromatic carbocycles. The van der Waals surface area contributed by atoms with E-state index in [-0.39, 0.29) is 10.8 Å². The van der Waals surface area contributed by atoms with E-state index in [1.807, 2.05) is 11.4 Å². The Morgan fingerprint density at radius 3 is 2.60 bits per heavy atom. The molecule has 4 heterocycles. The summed E-state index contributed by atoms with van der Waals surface area (Å²) in [5, 5.41) is 2.00. The van der Waals surface area contributed by atoms with Crippen LogP contribution in [-0.4, -0.2) is 62.2 Å². The lowest BCUT2D eigenvalue weighted by atomic mass is 10.0. The summed E-state index contributed by atoms with van der Waals surface area (Å²) in [5.41, 5.74) is 1.47. The Morgan fingerprint density at radius 2 is 1.83 bits per heavy atom. The number of carbonyl (C=O) groups is 1. The molecule has 2 aromatic rings. The van der Waals surface area contributed by atoms with Gasteiger partial charge in [-0.05, 0) is 41.6 Å². The zero-order chi connectivity index (χ0) is 20.8. The number of thiophene rings is 1. The van der Waals surface area contributed by atoms with Gasteiger partial charge in [0.25, 0.3) is 5.91 Å². The number of piperidine rings is 1. The van der Waals surface area contributed by atoms with Crippen molar-refractivity contribution in [1.29, 1.82) is 0 Å². The van der Waals surface area contributed by atoms with Crippen molar-refractivity contribution in [2.45, 2.75) is 36.5 Å². The van der Waals surface area contributed by atoms with Crippen molar-refractivity contribution in [3.05, 3.63) is 51.7 Å². The SMILES string of the molecule is O=C(c1cccc(S(=O)(=O)N2CCc3sccc3C2)c1)N1CCC2(CC1)OCCO2. The molecule has 0 N–H and O–H groups in total. The number of sulfonamides is 1. The monoisotopic (exact) mass is 448 g/mol. The molecular formula is C21H24N2O5S2. The molecule has 0 radical (unpaired) electrons. The lowest BCUT2D eigenvalue weighted by Gasteiger charge is -2.37. The number of fused-ring (bicyclic) bond motifs is 1. The van der Waals surface area contributed by atoms with E-state index in [2.05, 4.69) is 0 Å². The molecule has 1 aromatic heterocycles. The molecule has 30 heavy (non-hydrogen) atoms. The average molecular weight is 449 g/mol.